The maximum absolute atomic E-state index is 5.82. The molecule has 3 heteroatoms. The lowest BCUT2D eigenvalue weighted by Crippen LogP contribution is -2.52. The fourth-order valence-electron chi connectivity index (χ4n) is 2.98. The van der Waals surface area contributed by atoms with Crippen LogP contribution in [0.3, 0.4) is 0 Å². The molecule has 1 saturated heterocycles. The smallest absolute Gasteiger partial charge is 0.0546 e. The van der Waals surface area contributed by atoms with Crippen LogP contribution in [0.1, 0.15) is 53.9 Å². The molecule has 1 aliphatic heterocycles. The van der Waals surface area contributed by atoms with Crippen LogP contribution in [0, 0.1) is 11.3 Å². The van der Waals surface area contributed by atoms with Crippen molar-refractivity contribution in [1.29, 1.82) is 0 Å². The zero-order valence-corrected chi connectivity index (χ0v) is 14.6. The lowest BCUT2D eigenvalue weighted by molar-refractivity contribution is -0.0267. The molecule has 0 aromatic heterocycles. The predicted octanol–water partition coefficient (Wildman–Crippen LogP) is 3.15. The molecule has 0 spiro atoms. The Bertz CT molecular complexity index is 267. The van der Waals surface area contributed by atoms with E-state index in [4.69, 9.17) is 4.74 Å². The highest BCUT2D eigenvalue weighted by atomic mass is 16.5. The predicted molar refractivity (Wildman–Crippen MR) is 87.2 cm³/mol. The number of rotatable bonds is 7. The first-order chi connectivity index (χ1) is 9.26. The molecule has 1 rings (SSSR count). The summed E-state index contributed by atoms with van der Waals surface area (Å²) in [7, 11) is 2.26. The van der Waals surface area contributed by atoms with Crippen molar-refractivity contribution in [2.45, 2.75) is 59.4 Å². The van der Waals surface area contributed by atoms with Crippen LogP contribution in [0.5, 0.6) is 0 Å². The summed E-state index contributed by atoms with van der Waals surface area (Å²) in [5.74, 6) is 0.775. The minimum atomic E-state index is 0.180. The van der Waals surface area contributed by atoms with Crippen molar-refractivity contribution in [3.8, 4) is 0 Å². The van der Waals surface area contributed by atoms with Gasteiger partial charge in [0.15, 0.2) is 0 Å². The Balaban J connectivity index is 2.58. The molecular weight excluding hydrogens is 248 g/mol. The van der Waals surface area contributed by atoms with Gasteiger partial charge in [-0.25, -0.2) is 0 Å². The Morgan fingerprint density at radius 3 is 2.55 bits per heavy atom. The summed E-state index contributed by atoms with van der Waals surface area (Å²) < 4.78 is 5.82. The second kappa shape index (κ2) is 7.77. The molecule has 1 aliphatic rings. The van der Waals surface area contributed by atoms with Gasteiger partial charge in [0.1, 0.15) is 0 Å². The van der Waals surface area contributed by atoms with Crippen molar-refractivity contribution in [3.05, 3.63) is 0 Å². The van der Waals surface area contributed by atoms with Gasteiger partial charge in [-0.3, -0.25) is 0 Å². The highest BCUT2D eigenvalue weighted by Gasteiger charge is 2.35. The molecule has 0 aromatic rings. The van der Waals surface area contributed by atoms with E-state index >= 15 is 0 Å². The van der Waals surface area contributed by atoms with Crippen molar-refractivity contribution < 1.29 is 4.74 Å². The Morgan fingerprint density at radius 2 is 2.05 bits per heavy atom. The number of ether oxygens (including phenoxy) is 1. The molecule has 0 bridgehead atoms. The minimum Gasteiger partial charge on any atom is -0.381 e. The van der Waals surface area contributed by atoms with Gasteiger partial charge in [0.25, 0.3) is 0 Å². The molecule has 0 aliphatic carbocycles. The van der Waals surface area contributed by atoms with Gasteiger partial charge < -0.3 is 15.0 Å². The average molecular weight is 284 g/mol. The molecule has 0 aromatic carbocycles. The number of nitrogens with zero attached hydrogens (tertiary/aromatic N) is 1. The number of nitrogens with one attached hydrogen (secondary N) is 1. The summed E-state index contributed by atoms with van der Waals surface area (Å²) in [6.07, 6.45) is 3.73. The standard InChI is InChI=1S/C17H36N2O/c1-7-15(2)11-19(6)13-17(9-8-10-20-14-17)12-18-16(3,4)5/h15,18H,7-14H2,1-6H3. The van der Waals surface area contributed by atoms with Crippen LogP contribution in [-0.4, -0.2) is 50.3 Å². The van der Waals surface area contributed by atoms with E-state index < -0.39 is 0 Å². The quantitative estimate of drug-likeness (QED) is 0.777. The van der Waals surface area contributed by atoms with Gasteiger partial charge >= 0.3 is 0 Å². The van der Waals surface area contributed by atoms with E-state index in [1.54, 1.807) is 0 Å². The SMILES string of the molecule is CCC(C)CN(C)CC1(CNC(C)(C)C)CCCOC1. The summed E-state index contributed by atoms with van der Waals surface area (Å²) in [5.41, 5.74) is 0.466. The van der Waals surface area contributed by atoms with E-state index in [0.29, 0.717) is 0 Å². The van der Waals surface area contributed by atoms with Crippen LogP contribution < -0.4 is 5.32 Å². The van der Waals surface area contributed by atoms with Crippen LogP contribution in [0.25, 0.3) is 0 Å². The third-order valence-electron chi connectivity index (χ3n) is 4.32. The number of hydrogen-bond acceptors (Lipinski definition) is 3. The maximum atomic E-state index is 5.82. The van der Waals surface area contributed by atoms with Crippen LogP contribution in [0.4, 0.5) is 0 Å². The third-order valence-corrected chi connectivity index (χ3v) is 4.32. The van der Waals surface area contributed by atoms with Gasteiger partial charge in [-0.05, 0) is 46.6 Å². The highest BCUT2D eigenvalue weighted by molar-refractivity contribution is 4.89. The van der Waals surface area contributed by atoms with E-state index in [1.165, 1.54) is 25.8 Å². The third kappa shape index (κ3) is 6.55. The Hall–Kier alpha value is -0.120. The molecular formula is C17H36N2O. The largest absolute Gasteiger partial charge is 0.381 e. The lowest BCUT2D eigenvalue weighted by atomic mass is 9.81. The van der Waals surface area contributed by atoms with Gasteiger partial charge in [-0.15, -0.1) is 0 Å². The van der Waals surface area contributed by atoms with Crippen LogP contribution in [-0.2, 0) is 4.74 Å². The Kier molecular flexibility index (Phi) is 6.96. The summed E-state index contributed by atoms with van der Waals surface area (Å²) >= 11 is 0. The second-order valence-electron chi connectivity index (χ2n) is 7.97. The summed E-state index contributed by atoms with van der Waals surface area (Å²) in [6.45, 7) is 16.6. The van der Waals surface area contributed by atoms with Crippen LogP contribution in [0.2, 0.25) is 0 Å². The Morgan fingerprint density at radius 1 is 1.35 bits per heavy atom. The highest BCUT2D eigenvalue weighted by Crippen LogP contribution is 2.30. The van der Waals surface area contributed by atoms with E-state index in [2.05, 4.69) is 51.9 Å². The first-order valence-electron chi connectivity index (χ1n) is 8.28. The van der Waals surface area contributed by atoms with Gasteiger partial charge in [-0.2, -0.15) is 0 Å². The van der Waals surface area contributed by atoms with E-state index in [9.17, 15) is 0 Å². The van der Waals surface area contributed by atoms with Gasteiger partial charge in [-0.1, -0.05) is 20.3 Å². The summed E-state index contributed by atoms with van der Waals surface area (Å²) in [5, 5.41) is 3.70. The molecule has 1 fully saturated rings. The number of hydrogen-bond donors (Lipinski definition) is 1. The van der Waals surface area contributed by atoms with Crippen LogP contribution >= 0.6 is 0 Å². The molecule has 1 N–H and O–H groups in total. The maximum Gasteiger partial charge on any atom is 0.0546 e. The summed E-state index contributed by atoms with van der Waals surface area (Å²) in [6, 6.07) is 0. The van der Waals surface area contributed by atoms with Crippen molar-refractivity contribution in [2.75, 3.05) is 39.9 Å². The fourth-order valence-corrected chi connectivity index (χ4v) is 2.98. The lowest BCUT2D eigenvalue weighted by Gasteiger charge is -2.42. The van der Waals surface area contributed by atoms with E-state index in [1.807, 2.05) is 0 Å². The van der Waals surface area contributed by atoms with Crippen molar-refractivity contribution in [1.82, 2.24) is 10.2 Å². The van der Waals surface area contributed by atoms with Crippen LogP contribution in [0.15, 0.2) is 0 Å². The second-order valence-corrected chi connectivity index (χ2v) is 7.97. The van der Waals surface area contributed by atoms with Gasteiger partial charge in [0.2, 0.25) is 0 Å². The molecule has 3 nitrogen and oxygen atoms in total. The molecule has 1 heterocycles. The molecule has 0 saturated carbocycles. The first kappa shape index (κ1) is 17.9. The topological polar surface area (TPSA) is 24.5 Å². The molecule has 2 unspecified atom stereocenters. The average Bonchev–Trinajstić information content (AvgIpc) is 2.36. The monoisotopic (exact) mass is 284 g/mol. The normalized spacial score (nSPS) is 25.9. The molecule has 0 amide bonds. The van der Waals surface area contributed by atoms with Crippen molar-refractivity contribution in [3.63, 3.8) is 0 Å². The Labute approximate surface area is 126 Å². The molecule has 2 atom stereocenters. The van der Waals surface area contributed by atoms with Crippen molar-refractivity contribution >= 4 is 0 Å². The van der Waals surface area contributed by atoms with E-state index in [0.717, 1.165) is 32.2 Å². The van der Waals surface area contributed by atoms with Gasteiger partial charge in [0, 0.05) is 37.2 Å². The molecule has 120 valence electrons. The zero-order valence-electron chi connectivity index (χ0n) is 14.6. The zero-order chi connectivity index (χ0) is 15.2. The van der Waals surface area contributed by atoms with Crippen molar-refractivity contribution in [2.24, 2.45) is 11.3 Å². The first-order valence-corrected chi connectivity index (χ1v) is 8.28. The summed E-state index contributed by atoms with van der Waals surface area (Å²) in [4.78, 5) is 2.51. The van der Waals surface area contributed by atoms with E-state index in [-0.39, 0.29) is 11.0 Å². The van der Waals surface area contributed by atoms with Gasteiger partial charge in [0.05, 0.1) is 6.61 Å². The minimum absolute atomic E-state index is 0.180. The molecule has 0 radical (unpaired) electrons. The molecule has 20 heavy (non-hydrogen) atoms. The fraction of sp³-hybridized carbons (Fsp3) is 1.00.